The Labute approximate surface area is 167 Å². The first-order chi connectivity index (χ1) is 13.2. The maximum atomic E-state index is 12.4. The van der Waals surface area contributed by atoms with Gasteiger partial charge in [0.2, 0.25) is 15.9 Å². The maximum absolute atomic E-state index is 12.4. The fourth-order valence-electron chi connectivity index (χ4n) is 3.08. The number of β-lactam (4-membered cyclic amide) rings is 1. The molecule has 2 rings (SSSR count). The number of carbonyl (C=O) groups excluding carboxylic acids is 2. The normalized spacial score (nSPS) is 17.5. The van der Waals surface area contributed by atoms with Crippen molar-refractivity contribution in [2.75, 3.05) is 18.4 Å². The highest BCUT2D eigenvalue weighted by Gasteiger charge is 2.50. The first-order valence-electron chi connectivity index (χ1n) is 9.04. The molecule has 29 heavy (non-hydrogen) atoms. The van der Waals surface area contributed by atoms with E-state index in [9.17, 15) is 31.2 Å². The maximum Gasteiger partial charge on any atom is 0.406 e. The predicted octanol–water partition coefficient (Wildman–Crippen LogP) is 3.16. The molecule has 1 saturated heterocycles. The standard InChI is InChI=1S/C18H24F3N3O4S/c1-10(2)12-6-5-7-13(11(3)4)15(12)22-17(26)23-29(27,28)14-8-24(16(14)25)9-18(19,20)21/h5-7,10-11,14H,8-9H2,1-4H3,(H2,22,23,26). The number of alkyl halides is 3. The number of hydrogen-bond acceptors (Lipinski definition) is 4. The Morgan fingerprint density at radius 1 is 1.17 bits per heavy atom. The molecule has 1 aliphatic rings. The second kappa shape index (κ2) is 8.21. The Kier molecular flexibility index (Phi) is 6.51. The van der Waals surface area contributed by atoms with Gasteiger partial charge in [-0.1, -0.05) is 45.9 Å². The number of para-hydroxylation sites is 1. The summed E-state index contributed by atoms with van der Waals surface area (Å²) in [4.78, 5) is 24.5. The van der Waals surface area contributed by atoms with E-state index in [1.165, 1.54) is 0 Å². The number of anilines is 1. The van der Waals surface area contributed by atoms with Crippen molar-refractivity contribution in [3.8, 4) is 0 Å². The molecule has 1 aromatic carbocycles. The zero-order chi connectivity index (χ0) is 22.1. The summed E-state index contributed by atoms with van der Waals surface area (Å²) in [6.07, 6.45) is -4.62. The van der Waals surface area contributed by atoms with Crippen molar-refractivity contribution in [2.45, 2.75) is 51.0 Å². The Morgan fingerprint density at radius 2 is 1.69 bits per heavy atom. The second-order valence-corrected chi connectivity index (χ2v) is 9.41. The van der Waals surface area contributed by atoms with E-state index in [4.69, 9.17) is 0 Å². The molecule has 0 spiro atoms. The van der Waals surface area contributed by atoms with Crippen molar-refractivity contribution in [1.29, 1.82) is 0 Å². The molecule has 0 saturated carbocycles. The molecule has 7 nitrogen and oxygen atoms in total. The van der Waals surface area contributed by atoms with E-state index < -0.39 is 46.5 Å². The van der Waals surface area contributed by atoms with Crippen molar-refractivity contribution >= 4 is 27.6 Å². The van der Waals surface area contributed by atoms with Crippen LogP contribution in [0.4, 0.5) is 23.7 Å². The summed E-state index contributed by atoms with van der Waals surface area (Å²) >= 11 is 0. The monoisotopic (exact) mass is 435 g/mol. The smallest absolute Gasteiger partial charge is 0.330 e. The van der Waals surface area contributed by atoms with Gasteiger partial charge in [0.15, 0.2) is 5.25 Å². The number of urea groups is 1. The molecule has 1 atom stereocenters. The summed E-state index contributed by atoms with van der Waals surface area (Å²) in [5, 5.41) is 0.809. The molecule has 1 aliphatic heterocycles. The lowest BCUT2D eigenvalue weighted by Crippen LogP contribution is -2.64. The van der Waals surface area contributed by atoms with Crippen LogP contribution in [0.2, 0.25) is 0 Å². The lowest BCUT2D eigenvalue weighted by Gasteiger charge is -2.37. The van der Waals surface area contributed by atoms with Gasteiger partial charge in [-0.05, 0) is 23.0 Å². The highest BCUT2D eigenvalue weighted by atomic mass is 32.2. The van der Waals surface area contributed by atoms with Crippen LogP contribution in [0.25, 0.3) is 0 Å². The topological polar surface area (TPSA) is 95.6 Å². The van der Waals surface area contributed by atoms with Crippen LogP contribution in [-0.4, -0.2) is 49.8 Å². The van der Waals surface area contributed by atoms with E-state index in [2.05, 4.69) is 5.32 Å². The SMILES string of the molecule is CC(C)c1cccc(C(C)C)c1NC(=O)NS(=O)(=O)C1CN(CC(F)(F)F)C1=O. The van der Waals surface area contributed by atoms with Crippen LogP contribution >= 0.6 is 0 Å². The highest BCUT2D eigenvalue weighted by molar-refractivity contribution is 7.91. The molecule has 3 amide bonds. The van der Waals surface area contributed by atoms with Gasteiger partial charge in [-0.2, -0.15) is 13.2 Å². The molecule has 0 aromatic heterocycles. The van der Waals surface area contributed by atoms with E-state index >= 15 is 0 Å². The number of halogens is 3. The number of sulfonamides is 1. The molecule has 162 valence electrons. The number of amides is 3. The van der Waals surface area contributed by atoms with Gasteiger partial charge < -0.3 is 10.2 Å². The molecular formula is C18H24F3N3O4S. The van der Waals surface area contributed by atoms with Crippen LogP contribution in [0.5, 0.6) is 0 Å². The van der Waals surface area contributed by atoms with E-state index in [1.54, 1.807) is 4.72 Å². The summed E-state index contributed by atoms with van der Waals surface area (Å²) in [5.41, 5.74) is 2.09. The van der Waals surface area contributed by atoms with Gasteiger partial charge in [0, 0.05) is 12.2 Å². The average molecular weight is 435 g/mol. The number of likely N-dealkylation sites (tertiary alicyclic amines) is 1. The van der Waals surface area contributed by atoms with Gasteiger partial charge in [0.1, 0.15) is 6.54 Å². The molecule has 1 unspecified atom stereocenters. The molecule has 0 bridgehead atoms. The summed E-state index contributed by atoms with van der Waals surface area (Å²) in [7, 11) is -4.47. The minimum absolute atomic E-state index is 0.0461. The first-order valence-corrected chi connectivity index (χ1v) is 10.6. The van der Waals surface area contributed by atoms with E-state index in [0.717, 1.165) is 11.1 Å². The fraction of sp³-hybridized carbons (Fsp3) is 0.556. The van der Waals surface area contributed by atoms with Crippen LogP contribution in [0.15, 0.2) is 18.2 Å². The van der Waals surface area contributed by atoms with Crippen molar-refractivity contribution < 1.29 is 31.2 Å². The van der Waals surface area contributed by atoms with Gasteiger partial charge in [-0.3, -0.25) is 4.79 Å². The van der Waals surface area contributed by atoms with Crippen LogP contribution in [0.3, 0.4) is 0 Å². The van der Waals surface area contributed by atoms with Gasteiger partial charge >= 0.3 is 12.2 Å². The fourth-order valence-corrected chi connectivity index (χ4v) is 4.33. The van der Waals surface area contributed by atoms with Crippen LogP contribution in [0, 0.1) is 0 Å². The number of benzene rings is 1. The number of hydrogen-bond donors (Lipinski definition) is 2. The Morgan fingerprint density at radius 3 is 2.10 bits per heavy atom. The van der Waals surface area contributed by atoms with Gasteiger partial charge in [0.05, 0.1) is 0 Å². The minimum atomic E-state index is -4.62. The Hall–Kier alpha value is -2.30. The summed E-state index contributed by atoms with van der Waals surface area (Å²) in [6.45, 7) is 5.52. The van der Waals surface area contributed by atoms with Crippen molar-refractivity contribution in [2.24, 2.45) is 0 Å². The Balaban J connectivity index is 2.13. The minimum Gasteiger partial charge on any atom is -0.330 e. The van der Waals surface area contributed by atoms with Crippen molar-refractivity contribution in [1.82, 2.24) is 9.62 Å². The van der Waals surface area contributed by atoms with E-state index in [1.807, 2.05) is 45.9 Å². The second-order valence-electron chi connectivity index (χ2n) is 7.54. The largest absolute Gasteiger partial charge is 0.406 e. The van der Waals surface area contributed by atoms with Crippen molar-refractivity contribution in [3.63, 3.8) is 0 Å². The molecule has 11 heteroatoms. The molecule has 1 fully saturated rings. The van der Waals surface area contributed by atoms with Crippen molar-refractivity contribution in [3.05, 3.63) is 29.3 Å². The van der Waals surface area contributed by atoms with E-state index in [-0.39, 0.29) is 11.8 Å². The van der Waals surface area contributed by atoms with Crippen LogP contribution in [-0.2, 0) is 14.8 Å². The number of nitrogens with one attached hydrogen (secondary N) is 2. The van der Waals surface area contributed by atoms with Gasteiger partial charge in [-0.25, -0.2) is 17.9 Å². The third kappa shape index (κ3) is 5.40. The number of carbonyl (C=O) groups is 2. The van der Waals surface area contributed by atoms with Crippen LogP contribution in [0.1, 0.15) is 50.7 Å². The number of rotatable bonds is 6. The molecular weight excluding hydrogens is 411 g/mol. The molecule has 2 N–H and O–H groups in total. The molecule has 0 radical (unpaired) electrons. The summed E-state index contributed by atoms with van der Waals surface area (Å²) < 4.78 is 63.4. The van der Waals surface area contributed by atoms with E-state index in [0.29, 0.717) is 10.6 Å². The molecule has 1 heterocycles. The van der Waals surface area contributed by atoms with Gasteiger partial charge in [-0.15, -0.1) is 0 Å². The van der Waals surface area contributed by atoms with Gasteiger partial charge in [0.25, 0.3) is 0 Å². The molecule has 1 aromatic rings. The van der Waals surface area contributed by atoms with Crippen LogP contribution < -0.4 is 10.0 Å². The summed E-state index contributed by atoms with van der Waals surface area (Å²) in [6, 6.07) is 4.39. The Bertz CT molecular complexity index is 872. The quantitative estimate of drug-likeness (QED) is 0.671. The zero-order valence-corrected chi connectivity index (χ0v) is 17.3. The lowest BCUT2D eigenvalue weighted by molar-refractivity contribution is -0.169. The zero-order valence-electron chi connectivity index (χ0n) is 16.5. The number of nitrogens with zero attached hydrogens (tertiary/aromatic N) is 1. The third-order valence-corrected chi connectivity index (χ3v) is 6.13. The average Bonchev–Trinajstić information content (AvgIpc) is 2.56. The predicted molar refractivity (Wildman–Crippen MR) is 102 cm³/mol. The molecule has 0 aliphatic carbocycles. The highest BCUT2D eigenvalue weighted by Crippen LogP contribution is 2.32. The lowest BCUT2D eigenvalue weighted by atomic mass is 9.93. The first kappa shape index (κ1) is 23.0. The third-order valence-electron chi connectivity index (χ3n) is 4.56. The summed E-state index contributed by atoms with van der Waals surface area (Å²) in [5.74, 6) is -1.09.